The number of allylic oxidation sites excluding steroid dienone is 4. The van der Waals surface area contributed by atoms with Crippen LogP contribution in [-0.2, 0) is 6.42 Å². The summed E-state index contributed by atoms with van der Waals surface area (Å²) in [4.78, 5) is 0. The van der Waals surface area contributed by atoms with Crippen molar-refractivity contribution in [3.63, 3.8) is 0 Å². The van der Waals surface area contributed by atoms with Gasteiger partial charge in [0.15, 0.2) is 0 Å². The number of thiophene rings is 1. The van der Waals surface area contributed by atoms with Crippen molar-refractivity contribution in [3.05, 3.63) is 233 Å². The lowest BCUT2D eigenvalue weighted by Gasteiger charge is -2.15. The maximum Gasteiger partial charge on any atom is 0.0355 e. The number of hydrogen-bond acceptors (Lipinski definition) is 1. The SMILES string of the molecule is CCc1cc(C)cc2ccccc12.Cc1ccc(-c2ccc3sc4ccccc4c3c2)cc1.Cc1cccc(C(C)C)c1.Cc1ccccc1-c1cc(C2=CCC(C)C=C2)ccc1C. The summed E-state index contributed by atoms with van der Waals surface area (Å²) in [7, 11) is 0. The van der Waals surface area contributed by atoms with Gasteiger partial charge in [-0.25, -0.2) is 0 Å². The zero-order chi connectivity index (χ0) is 45.2. The molecule has 0 N–H and O–H groups in total. The molecule has 0 nitrogen and oxygen atoms in total. The van der Waals surface area contributed by atoms with Gasteiger partial charge in [-0.15, -0.1) is 11.3 Å². The molecule has 322 valence electrons. The lowest BCUT2D eigenvalue weighted by Crippen LogP contribution is -1.95. The Morgan fingerprint density at radius 1 is 0.516 bits per heavy atom. The summed E-state index contributed by atoms with van der Waals surface area (Å²) < 4.78 is 2.73. The Morgan fingerprint density at radius 2 is 1.19 bits per heavy atom. The lowest BCUT2D eigenvalue weighted by molar-refractivity contribution is 0.739. The fraction of sp³-hybridized carbons (Fsp3) is 0.206. The first-order valence-corrected chi connectivity index (χ1v) is 23.9. The molecule has 1 unspecified atom stereocenters. The Kier molecular flexibility index (Phi) is 15.3. The smallest absolute Gasteiger partial charge is 0.0355 e. The van der Waals surface area contributed by atoms with Gasteiger partial charge in [0.1, 0.15) is 0 Å². The summed E-state index contributed by atoms with van der Waals surface area (Å²) >= 11 is 1.87. The minimum absolute atomic E-state index is 0.653. The van der Waals surface area contributed by atoms with E-state index in [0.717, 1.165) is 12.8 Å². The van der Waals surface area contributed by atoms with Gasteiger partial charge in [-0.05, 0) is 150 Å². The summed E-state index contributed by atoms with van der Waals surface area (Å²) in [5.41, 5.74) is 17.5. The van der Waals surface area contributed by atoms with Crippen molar-refractivity contribution in [3.8, 4) is 22.3 Å². The van der Waals surface area contributed by atoms with E-state index in [2.05, 4.69) is 250 Å². The quantitative estimate of drug-likeness (QED) is 0.162. The van der Waals surface area contributed by atoms with Crippen LogP contribution in [0.1, 0.15) is 84.5 Å². The van der Waals surface area contributed by atoms with Crippen LogP contribution in [0.3, 0.4) is 0 Å². The summed E-state index contributed by atoms with van der Waals surface area (Å²) in [5, 5.41) is 5.49. The summed E-state index contributed by atoms with van der Waals surface area (Å²) in [6, 6.07) is 61.4. The maximum atomic E-state index is 2.36. The van der Waals surface area contributed by atoms with Crippen LogP contribution in [0.15, 0.2) is 188 Å². The van der Waals surface area contributed by atoms with Gasteiger partial charge in [0.25, 0.3) is 0 Å². The summed E-state index contributed by atoms with van der Waals surface area (Å²) in [5.74, 6) is 1.31. The first-order chi connectivity index (χ1) is 31.0. The highest BCUT2D eigenvalue weighted by atomic mass is 32.1. The Hall–Kier alpha value is -6.28. The van der Waals surface area contributed by atoms with Crippen LogP contribution in [0.4, 0.5) is 0 Å². The molecule has 1 aromatic heterocycles. The molecular formula is C63H64S. The molecule has 10 rings (SSSR count). The summed E-state index contributed by atoms with van der Waals surface area (Å²) in [6.45, 7) is 19.7. The van der Waals surface area contributed by atoms with Crippen molar-refractivity contribution in [2.24, 2.45) is 5.92 Å². The lowest BCUT2D eigenvalue weighted by atomic mass is 9.90. The largest absolute Gasteiger partial charge is 0.135 e. The molecule has 0 aliphatic heterocycles. The second kappa shape index (κ2) is 21.4. The number of aryl methyl sites for hydroxylation is 6. The summed E-state index contributed by atoms with van der Waals surface area (Å²) in [6.07, 6.45) is 9.18. The number of rotatable bonds is 5. The minimum Gasteiger partial charge on any atom is -0.135 e. The molecule has 0 fully saturated rings. The molecule has 0 spiro atoms. The molecule has 8 aromatic carbocycles. The van der Waals surface area contributed by atoms with Gasteiger partial charge in [0.05, 0.1) is 0 Å². The molecule has 64 heavy (non-hydrogen) atoms. The zero-order valence-electron chi connectivity index (χ0n) is 39.4. The van der Waals surface area contributed by atoms with Crippen molar-refractivity contribution in [2.75, 3.05) is 0 Å². The van der Waals surface area contributed by atoms with Crippen LogP contribution in [-0.4, -0.2) is 0 Å². The average Bonchev–Trinajstić information content (AvgIpc) is 3.68. The molecule has 1 atom stereocenters. The Bertz CT molecular complexity index is 3040. The molecule has 0 bridgehead atoms. The molecule has 0 radical (unpaired) electrons. The highest BCUT2D eigenvalue weighted by Gasteiger charge is 2.11. The topological polar surface area (TPSA) is 0 Å². The Morgan fingerprint density at radius 3 is 1.89 bits per heavy atom. The standard InChI is InChI=1S/C21H22.C19H14S.C13H14.C10H14/c1-15-8-11-18(12-9-15)19-13-10-17(3)21(14-19)20-7-5-4-6-16(20)2;1-13-6-8-14(9-7-13)15-10-11-19-17(12-15)16-4-2-3-5-18(16)20-19;1-3-11-8-10(2)9-12-6-4-5-7-13(11)12;1-8(2)10-6-4-5-9(3)7-10/h4-8,10-15H,9H2,1-3H3;2-12H,1H3;4-9H,3H2,1-2H3;4-8H,1-3H3. The fourth-order valence-corrected chi connectivity index (χ4v) is 9.52. The highest BCUT2D eigenvalue weighted by molar-refractivity contribution is 7.25. The van der Waals surface area contributed by atoms with E-state index in [-0.39, 0.29) is 0 Å². The average molecular weight is 853 g/mol. The van der Waals surface area contributed by atoms with E-state index in [0.29, 0.717) is 11.8 Å². The first kappa shape index (κ1) is 45.7. The predicted molar refractivity (Wildman–Crippen MR) is 285 cm³/mol. The van der Waals surface area contributed by atoms with Crippen LogP contribution in [0.5, 0.6) is 0 Å². The Labute approximate surface area is 387 Å². The van der Waals surface area contributed by atoms with E-state index in [1.54, 1.807) is 0 Å². The van der Waals surface area contributed by atoms with Gasteiger partial charge < -0.3 is 0 Å². The van der Waals surface area contributed by atoms with E-state index < -0.39 is 0 Å². The third kappa shape index (κ3) is 11.4. The Balaban J connectivity index is 0.000000133. The monoisotopic (exact) mass is 852 g/mol. The van der Waals surface area contributed by atoms with Crippen molar-refractivity contribution < 1.29 is 0 Å². The van der Waals surface area contributed by atoms with Crippen molar-refractivity contribution in [2.45, 2.75) is 81.1 Å². The predicted octanol–water partition coefficient (Wildman–Crippen LogP) is 18.8. The van der Waals surface area contributed by atoms with E-state index in [1.807, 2.05) is 11.3 Å². The number of hydrogen-bond donors (Lipinski definition) is 0. The minimum atomic E-state index is 0.653. The molecule has 0 saturated heterocycles. The molecule has 0 amide bonds. The van der Waals surface area contributed by atoms with Gasteiger partial charge in [0, 0.05) is 20.2 Å². The van der Waals surface area contributed by atoms with E-state index in [1.165, 1.54) is 103 Å². The van der Waals surface area contributed by atoms with Crippen LogP contribution in [0, 0.1) is 40.5 Å². The second-order valence-corrected chi connectivity index (χ2v) is 18.9. The molecule has 1 aliphatic rings. The van der Waals surface area contributed by atoms with Crippen molar-refractivity contribution in [1.82, 2.24) is 0 Å². The normalized spacial score (nSPS) is 13.1. The molecule has 0 saturated carbocycles. The van der Waals surface area contributed by atoms with Crippen molar-refractivity contribution >= 4 is 47.9 Å². The fourth-order valence-electron chi connectivity index (χ4n) is 8.44. The van der Waals surface area contributed by atoms with E-state index in [9.17, 15) is 0 Å². The molecule has 1 heterocycles. The highest BCUT2D eigenvalue weighted by Crippen LogP contribution is 2.36. The third-order valence-electron chi connectivity index (χ3n) is 12.3. The van der Waals surface area contributed by atoms with Gasteiger partial charge in [0.2, 0.25) is 0 Å². The van der Waals surface area contributed by atoms with Crippen LogP contribution in [0.2, 0.25) is 0 Å². The van der Waals surface area contributed by atoms with Crippen LogP contribution < -0.4 is 0 Å². The van der Waals surface area contributed by atoms with E-state index >= 15 is 0 Å². The van der Waals surface area contributed by atoms with Crippen LogP contribution in [0.25, 0.3) is 58.8 Å². The van der Waals surface area contributed by atoms with Gasteiger partial charge >= 0.3 is 0 Å². The molecule has 9 aromatic rings. The molecule has 1 aliphatic carbocycles. The van der Waals surface area contributed by atoms with Gasteiger partial charge in [-0.1, -0.05) is 208 Å². The number of benzene rings is 8. The maximum absolute atomic E-state index is 2.36. The van der Waals surface area contributed by atoms with Gasteiger partial charge in [-0.2, -0.15) is 0 Å². The first-order valence-electron chi connectivity index (χ1n) is 23.1. The molecule has 1 heteroatoms. The molecular weight excluding hydrogens is 789 g/mol. The second-order valence-electron chi connectivity index (χ2n) is 17.8. The third-order valence-corrected chi connectivity index (χ3v) is 13.4. The zero-order valence-corrected chi connectivity index (χ0v) is 40.2. The van der Waals surface area contributed by atoms with Crippen molar-refractivity contribution in [1.29, 1.82) is 0 Å². The van der Waals surface area contributed by atoms with Gasteiger partial charge in [-0.3, -0.25) is 0 Å². The number of fused-ring (bicyclic) bond motifs is 4. The van der Waals surface area contributed by atoms with Crippen LogP contribution >= 0.6 is 11.3 Å². The van der Waals surface area contributed by atoms with E-state index in [4.69, 9.17) is 0 Å².